The van der Waals surface area contributed by atoms with Gasteiger partial charge in [-0.25, -0.2) is 4.79 Å². The molecule has 0 saturated carbocycles. The van der Waals surface area contributed by atoms with Gasteiger partial charge in [-0.1, -0.05) is 0 Å². The Morgan fingerprint density at radius 3 is 2.50 bits per heavy atom. The van der Waals surface area contributed by atoms with Gasteiger partial charge < -0.3 is 10.4 Å². The van der Waals surface area contributed by atoms with E-state index in [-0.39, 0.29) is 6.54 Å². The number of amides is 1. The van der Waals surface area contributed by atoms with E-state index in [1.807, 2.05) is 0 Å². The molecule has 1 aromatic rings. The van der Waals surface area contributed by atoms with E-state index >= 15 is 0 Å². The number of aliphatic carboxylic acids is 1. The molecule has 0 radical (unpaired) electrons. The predicted molar refractivity (Wildman–Crippen MR) is 70.3 cm³/mol. The summed E-state index contributed by atoms with van der Waals surface area (Å²) in [6, 6.07) is 0.612. The lowest BCUT2D eigenvalue weighted by molar-refractivity contribution is -0.142. The van der Waals surface area contributed by atoms with Crippen molar-refractivity contribution in [3.8, 4) is 0 Å². The Balaban J connectivity index is 2.78. The molecule has 0 aliphatic carbocycles. The van der Waals surface area contributed by atoms with Gasteiger partial charge in [-0.15, -0.1) is 0 Å². The van der Waals surface area contributed by atoms with Crippen molar-refractivity contribution in [2.24, 2.45) is 13.0 Å². The van der Waals surface area contributed by atoms with E-state index in [9.17, 15) is 19.2 Å². The molecule has 0 aliphatic rings. The lowest BCUT2D eigenvalue weighted by atomic mass is 10.0. The van der Waals surface area contributed by atoms with Gasteiger partial charge in [0.1, 0.15) is 6.54 Å². The van der Waals surface area contributed by atoms with E-state index in [1.54, 1.807) is 6.92 Å². The van der Waals surface area contributed by atoms with Crippen molar-refractivity contribution in [3.63, 3.8) is 0 Å². The number of carboxylic acid groups (broad SMARTS) is 1. The summed E-state index contributed by atoms with van der Waals surface area (Å²) in [5.74, 6) is -2.25. The van der Waals surface area contributed by atoms with Gasteiger partial charge >= 0.3 is 11.7 Å². The monoisotopic (exact) mass is 283 g/mol. The Bertz CT molecular complexity index is 631. The van der Waals surface area contributed by atoms with Crippen LogP contribution < -0.4 is 16.6 Å². The van der Waals surface area contributed by atoms with Gasteiger partial charge in [0.15, 0.2) is 0 Å². The zero-order chi connectivity index (χ0) is 15.4. The molecule has 0 bridgehead atoms. The molecule has 0 spiro atoms. The zero-order valence-corrected chi connectivity index (χ0v) is 11.5. The lowest BCUT2D eigenvalue weighted by Crippen LogP contribution is -2.44. The lowest BCUT2D eigenvalue weighted by Gasteiger charge is -2.18. The number of hydrogen-bond donors (Lipinski definition) is 2. The molecule has 0 aromatic carbocycles. The highest BCUT2D eigenvalue weighted by molar-refractivity contribution is 5.77. The van der Waals surface area contributed by atoms with E-state index in [4.69, 9.17) is 5.11 Å². The first kappa shape index (κ1) is 15.7. The number of hydrogen-bond acceptors (Lipinski definition) is 4. The zero-order valence-electron chi connectivity index (χ0n) is 11.5. The van der Waals surface area contributed by atoms with Crippen LogP contribution in [0.3, 0.4) is 0 Å². The second kappa shape index (κ2) is 6.18. The standard InChI is InChI=1S/C12H17N3O5/c1-7(11(18)19)8(2)13-9(16)6-15-5-4-10(17)14(3)12(15)20/h4-5,7-8H,6H2,1-3H3,(H,13,16)(H,18,19). The highest BCUT2D eigenvalue weighted by Gasteiger charge is 2.21. The molecule has 2 N–H and O–H groups in total. The maximum absolute atomic E-state index is 11.7. The van der Waals surface area contributed by atoms with Crippen LogP contribution in [-0.2, 0) is 23.2 Å². The molecule has 1 aromatic heterocycles. The molecule has 20 heavy (non-hydrogen) atoms. The number of carbonyl (C=O) groups is 2. The fourth-order valence-corrected chi connectivity index (χ4v) is 1.53. The van der Waals surface area contributed by atoms with Gasteiger partial charge in [0.25, 0.3) is 5.56 Å². The minimum Gasteiger partial charge on any atom is -0.481 e. The third-order valence-electron chi connectivity index (χ3n) is 3.10. The Morgan fingerprint density at radius 1 is 1.35 bits per heavy atom. The third-order valence-corrected chi connectivity index (χ3v) is 3.10. The molecule has 0 fully saturated rings. The number of aromatic nitrogens is 2. The number of carboxylic acids is 1. The van der Waals surface area contributed by atoms with Crippen LogP contribution in [0.25, 0.3) is 0 Å². The molecule has 8 heteroatoms. The fraction of sp³-hybridized carbons (Fsp3) is 0.500. The summed E-state index contributed by atoms with van der Waals surface area (Å²) in [6.07, 6.45) is 1.23. The number of nitrogens with zero attached hydrogens (tertiary/aromatic N) is 2. The quantitative estimate of drug-likeness (QED) is 0.703. The van der Waals surface area contributed by atoms with Gasteiger partial charge in [-0.3, -0.25) is 23.5 Å². The Hall–Kier alpha value is -2.38. The number of nitrogens with one attached hydrogen (secondary N) is 1. The highest BCUT2D eigenvalue weighted by Crippen LogP contribution is 2.02. The summed E-state index contributed by atoms with van der Waals surface area (Å²) >= 11 is 0. The number of rotatable bonds is 5. The average molecular weight is 283 g/mol. The van der Waals surface area contributed by atoms with Crippen LogP contribution in [0.1, 0.15) is 13.8 Å². The first-order valence-electron chi connectivity index (χ1n) is 6.02. The van der Waals surface area contributed by atoms with Crippen molar-refractivity contribution in [1.82, 2.24) is 14.5 Å². The predicted octanol–water partition coefficient (Wildman–Crippen LogP) is -1.23. The average Bonchev–Trinajstić information content (AvgIpc) is 2.38. The van der Waals surface area contributed by atoms with Crippen molar-refractivity contribution in [2.75, 3.05) is 0 Å². The van der Waals surface area contributed by atoms with Gasteiger partial charge in [0.05, 0.1) is 5.92 Å². The molecule has 2 atom stereocenters. The SMILES string of the molecule is CC(NC(=O)Cn1ccc(=O)n(C)c1=O)C(C)C(=O)O. The topological polar surface area (TPSA) is 110 Å². The second-order valence-corrected chi connectivity index (χ2v) is 4.61. The molecular formula is C12H17N3O5. The van der Waals surface area contributed by atoms with Crippen molar-refractivity contribution in [1.29, 1.82) is 0 Å². The first-order valence-corrected chi connectivity index (χ1v) is 6.02. The van der Waals surface area contributed by atoms with Crippen LogP contribution in [-0.4, -0.2) is 32.2 Å². The van der Waals surface area contributed by atoms with Crippen LogP contribution >= 0.6 is 0 Å². The van der Waals surface area contributed by atoms with E-state index in [2.05, 4.69) is 5.32 Å². The van der Waals surface area contributed by atoms with Gasteiger partial charge in [-0.05, 0) is 13.8 Å². The highest BCUT2D eigenvalue weighted by atomic mass is 16.4. The molecule has 0 saturated heterocycles. The van der Waals surface area contributed by atoms with E-state index in [0.29, 0.717) is 0 Å². The van der Waals surface area contributed by atoms with Crippen molar-refractivity contribution in [2.45, 2.75) is 26.4 Å². The van der Waals surface area contributed by atoms with E-state index in [1.165, 1.54) is 26.2 Å². The maximum Gasteiger partial charge on any atom is 0.331 e. The van der Waals surface area contributed by atoms with Crippen LogP contribution in [0, 0.1) is 5.92 Å². The van der Waals surface area contributed by atoms with E-state index < -0.39 is 35.1 Å². The molecule has 1 rings (SSSR count). The van der Waals surface area contributed by atoms with Crippen molar-refractivity contribution in [3.05, 3.63) is 33.1 Å². The Morgan fingerprint density at radius 2 is 1.95 bits per heavy atom. The van der Waals surface area contributed by atoms with Gasteiger partial charge in [-0.2, -0.15) is 0 Å². The Labute approximate surface area is 114 Å². The summed E-state index contributed by atoms with van der Waals surface area (Å²) in [7, 11) is 1.31. The molecule has 110 valence electrons. The molecule has 2 unspecified atom stereocenters. The third kappa shape index (κ3) is 3.56. The van der Waals surface area contributed by atoms with Gasteiger partial charge in [0.2, 0.25) is 5.91 Å². The second-order valence-electron chi connectivity index (χ2n) is 4.61. The van der Waals surface area contributed by atoms with Gasteiger partial charge in [0, 0.05) is 25.4 Å². The largest absolute Gasteiger partial charge is 0.481 e. The molecular weight excluding hydrogens is 266 g/mol. The molecule has 1 heterocycles. The summed E-state index contributed by atoms with van der Waals surface area (Å²) < 4.78 is 1.96. The summed E-state index contributed by atoms with van der Waals surface area (Å²) in [6.45, 7) is 2.77. The summed E-state index contributed by atoms with van der Waals surface area (Å²) in [5.41, 5.74) is -1.06. The fourth-order valence-electron chi connectivity index (χ4n) is 1.53. The normalized spacial score (nSPS) is 13.6. The minimum atomic E-state index is -1.02. The van der Waals surface area contributed by atoms with Crippen LogP contribution in [0.2, 0.25) is 0 Å². The molecule has 0 aliphatic heterocycles. The van der Waals surface area contributed by atoms with Crippen LogP contribution in [0.4, 0.5) is 0 Å². The summed E-state index contributed by atoms with van der Waals surface area (Å²) in [4.78, 5) is 45.4. The van der Waals surface area contributed by atoms with Crippen LogP contribution in [0.15, 0.2) is 21.9 Å². The minimum absolute atomic E-state index is 0.274. The van der Waals surface area contributed by atoms with E-state index in [0.717, 1.165) is 9.13 Å². The Kier molecular flexibility index (Phi) is 4.84. The molecule has 1 amide bonds. The van der Waals surface area contributed by atoms with Crippen LogP contribution in [0.5, 0.6) is 0 Å². The maximum atomic E-state index is 11.7. The molecule has 8 nitrogen and oxygen atoms in total. The van der Waals surface area contributed by atoms with Crippen molar-refractivity contribution < 1.29 is 14.7 Å². The summed E-state index contributed by atoms with van der Waals surface area (Å²) in [5, 5.41) is 11.3. The number of carbonyl (C=O) groups excluding carboxylic acids is 1. The smallest absolute Gasteiger partial charge is 0.331 e. The first-order chi connectivity index (χ1) is 9.23. The van der Waals surface area contributed by atoms with Crippen molar-refractivity contribution >= 4 is 11.9 Å².